The number of halogens is 4. The molecule has 0 aliphatic heterocycles. The maximum Gasteiger partial charge on any atom is 0.389 e. The fraction of sp³-hybridized carbons (Fsp3) is 0.500. The molecule has 0 amide bonds. The molecule has 80 valence electrons. The number of alkyl halides is 3. The molecule has 0 bridgehead atoms. The fourth-order valence-electron chi connectivity index (χ4n) is 0.950. The van der Waals surface area contributed by atoms with Crippen molar-refractivity contribution in [2.75, 3.05) is 0 Å². The summed E-state index contributed by atoms with van der Waals surface area (Å²) in [5.41, 5.74) is 0. The van der Waals surface area contributed by atoms with Crippen LogP contribution in [0.1, 0.15) is 23.8 Å². The van der Waals surface area contributed by atoms with Crippen molar-refractivity contribution in [2.45, 2.75) is 25.1 Å². The van der Waals surface area contributed by atoms with Crippen LogP contribution in [-0.4, -0.2) is 11.3 Å². The van der Waals surface area contributed by atoms with Crippen molar-refractivity contribution >= 4 is 22.9 Å². The van der Waals surface area contributed by atoms with Gasteiger partial charge in [-0.1, -0.05) is 11.6 Å². The molecule has 6 heteroatoms. The van der Waals surface area contributed by atoms with Crippen LogP contribution >= 0.6 is 22.9 Å². The average Bonchev–Trinajstić information content (AvgIpc) is 2.46. The second kappa shape index (κ2) is 4.51. The Hall–Kier alpha value is -0.260. The zero-order chi connectivity index (χ0) is 10.8. The van der Waals surface area contributed by atoms with Crippen LogP contribution in [0.15, 0.2) is 12.1 Å². The van der Waals surface area contributed by atoms with Crippen LogP contribution in [0.5, 0.6) is 0 Å². The van der Waals surface area contributed by atoms with Gasteiger partial charge in [-0.3, -0.25) is 0 Å². The second-order valence-electron chi connectivity index (χ2n) is 2.81. The molecule has 0 fully saturated rings. The Balaban J connectivity index is 2.47. The molecule has 0 radical (unpaired) electrons. The molecule has 0 saturated carbocycles. The fourth-order valence-corrected chi connectivity index (χ4v) is 2.03. The Morgan fingerprint density at radius 1 is 1.43 bits per heavy atom. The molecule has 0 aliphatic rings. The van der Waals surface area contributed by atoms with E-state index in [2.05, 4.69) is 0 Å². The van der Waals surface area contributed by atoms with Gasteiger partial charge in [0.15, 0.2) is 0 Å². The molecule has 0 saturated heterocycles. The third-order valence-electron chi connectivity index (χ3n) is 1.62. The largest absolute Gasteiger partial charge is 0.389 e. The summed E-state index contributed by atoms with van der Waals surface area (Å²) in [6.07, 6.45) is -6.60. The molecule has 0 spiro atoms. The van der Waals surface area contributed by atoms with Crippen LogP contribution in [-0.2, 0) is 0 Å². The molecule has 0 aliphatic carbocycles. The summed E-state index contributed by atoms with van der Waals surface area (Å²) in [5.74, 6) is 0. The zero-order valence-corrected chi connectivity index (χ0v) is 8.59. The Bertz CT molecular complexity index is 297. The quantitative estimate of drug-likeness (QED) is 0.858. The van der Waals surface area contributed by atoms with Gasteiger partial charge in [-0.15, -0.1) is 11.3 Å². The normalized spacial score (nSPS) is 14.4. The molecule has 1 heterocycles. The Morgan fingerprint density at radius 2 is 2.07 bits per heavy atom. The highest BCUT2D eigenvalue weighted by Gasteiger charge is 2.28. The highest BCUT2D eigenvalue weighted by atomic mass is 35.5. The van der Waals surface area contributed by atoms with Gasteiger partial charge >= 0.3 is 6.18 Å². The molecule has 1 unspecified atom stereocenters. The number of hydrogen-bond acceptors (Lipinski definition) is 2. The molecule has 14 heavy (non-hydrogen) atoms. The Kier molecular flexibility index (Phi) is 3.80. The Labute approximate surface area is 88.1 Å². The average molecular weight is 245 g/mol. The van der Waals surface area contributed by atoms with Gasteiger partial charge in [-0.25, -0.2) is 0 Å². The molecular formula is C8H8ClF3OS. The summed E-state index contributed by atoms with van der Waals surface area (Å²) in [6, 6.07) is 3.09. The van der Waals surface area contributed by atoms with Gasteiger partial charge in [0.05, 0.1) is 10.4 Å². The van der Waals surface area contributed by atoms with Gasteiger partial charge in [0.25, 0.3) is 0 Å². The van der Waals surface area contributed by atoms with Crippen molar-refractivity contribution in [3.8, 4) is 0 Å². The van der Waals surface area contributed by atoms with E-state index in [1.165, 1.54) is 6.07 Å². The molecule has 1 atom stereocenters. The Morgan fingerprint density at radius 3 is 2.50 bits per heavy atom. The van der Waals surface area contributed by atoms with Gasteiger partial charge in [-0.2, -0.15) is 13.2 Å². The predicted octanol–water partition coefficient (Wildman–Crippen LogP) is 3.78. The van der Waals surface area contributed by atoms with Crippen molar-refractivity contribution < 1.29 is 18.3 Å². The first-order valence-electron chi connectivity index (χ1n) is 3.88. The molecular weight excluding hydrogens is 237 g/mol. The SMILES string of the molecule is OC(CCC(F)(F)F)c1ccc(Cl)s1. The molecule has 0 aromatic carbocycles. The number of aliphatic hydroxyl groups is 1. The lowest BCUT2D eigenvalue weighted by molar-refractivity contribution is -0.140. The minimum Gasteiger partial charge on any atom is -0.388 e. The van der Waals surface area contributed by atoms with Crippen LogP contribution in [0, 0.1) is 0 Å². The van der Waals surface area contributed by atoms with E-state index < -0.39 is 18.7 Å². The molecule has 1 rings (SSSR count). The van der Waals surface area contributed by atoms with Crippen LogP contribution < -0.4 is 0 Å². The molecule has 1 N–H and O–H groups in total. The zero-order valence-electron chi connectivity index (χ0n) is 7.01. The summed E-state index contributed by atoms with van der Waals surface area (Å²) in [5, 5.41) is 9.35. The lowest BCUT2D eigenvalue weighted by Gasteiger charge is -2.10. The minimum absolute atomic E-state index is 0.319. The van der Waals surface area contributed by atoms with E-state index in [0.717, 1.165) is 11.3 Å². The summed E-state index contributed by atoms with van der Waals surface area (Å²) in [6.45, 7) is 0. The first-order valence-corrected chi connectivity index (χ1v) is 5.08. The highest BCUT2D eigenvalue weighted by molar-refractivity contribution is 7.16. The number of thiophene rings is 1. The third kappa shape index (κ3) is 3.86. The first-order chi connectivity index (χ1) is 6.38. The molecule has 1 nitrogen and oxygen atoms in total. The van der Waals surface area contributed by atoms with Crippen molar-refractivity contribution in [3.63, 3.8) is 0 Å². The van der Waals surface area contributed by atoms with Gasteiger partial charge in [0.2, 0.25) is 0 Å². The summed E-state index contributed by atoms with van der Waals surface area (Å²) < 4.78 is 35.9. The van der Waals surface area contributed by atoms with Crippen molar-refractivity contribution in [1.82, 2.24) is 0 Å². The predicted molar refractivity (Wildman–Crippen MR) is 49.6 cm³/mol. The number of aliphatic hydroxyl groups excluding tert-OH is 1. The number of rotatable bonds is 3. The van der Waals surface area contributed by atoms with E-state index >= 15 is 0 Å². The van der Waals surface area contributed by atoms with Crippen molar-refractivity contribution in [3.05, 3.63) is 21.3 Å². The van der Waals surface area contributed by atoms with Gasteiger partial charge in [0, 0.05) is 11.3 Å². The van der Waals surface area contributed by atoms with Gasteiger partial charge < -0.3 is 5.11 Å². The minimum atomic E-state index is -4.22. The van der Waals surface area contributed by atoms with E-state index in [4.69, 9.17) is 11.6 Å². The summed E-state index contributed by atoms with van der Waals surface area (Å²) in [7, 11) is 0. The van der Waals surface area contributed by atoms with Gasteiger partial charge in [-0.05, 0) is 18.6 Å². The van der Waals surface area contributed by atoms with Gasteiger partial charge in [0.1, 0.15) is 0 Å². The monoisotopic (exact) mass is 244 g/mol. The topological polar surface area (TPSA) is 20.2 Å². The van der Waals surface area contributed by atoms with E-state index in [-0.39, 0.29) is 6.42 Å². The van der Waals surface area contributed by atoms with Crippen LogP contribution in [0.25, 0.3) is 0 Å². The standard InChI is InChI=1S/C8H8ClF3OS/c9-7-2-1-6(14-7)5(13)3-4-8(10,11)12/h1-2,5,13H,3-4H2. The summed E-state index contributed by atoms with van der Waals surface area (Å²) >= 11 is 6.67. The third-order valence-corrected chi connectivity index (χ3v) is 2.96. The maximum atomic E-state index is 11.8. The first kappa shape index (κ1) is 11.8. The van der Waals surface area contributed by atoms with E-state index in [0.29, 0.717) is 9.21 Å². The molecule has 1 aromatic heterocycles. The lowest BCUT2D eigenvalue weighted by atomic mass is 10.1. The smallest absolute Gasteiger partial charge is 0.388 e. The van der Waals surface area contributed by atoms with Crippen LogP contribution in [0.2, 0.25) is 4.34 Å². The van der Waals surface area contributed by atoms with Crippen LogP contribution in [0.3, 0.4) is 0 Å². The lowest BCUT2D eigenvalue weighted by Crippen LogP contribution is -2.09. The summed E-state index contributed by atoms with van der Waals surface area (Å²) in [4.78, 5) is 0.472. The van der Waals surface area contributed by atoms with E-state index in [1.807, 2.05) is 0 Å². The molecule has 1 aromatic rings. The van der Waals surface area contributed by atoms with Crippen molar-refractivity contribution in [1.29, 1.82) is 0 Å². The second-order valence-corrected chi connectivity index (χ2v) is 4.56. The van der Waals surface area contributed by atoms with E-state index in [1.54, 1.807) is 6.07 Å². The maximum absolute atomic E-state index is 11.8. The van der Waals surface area contributed by atoms with E-state index in [9.17, 15) is 18.3 Å². The van der Waals surface area contributed by atoms with Crippen LogP contribution in [0.4, 0.5) is 13.2 Å². The van der Waals surface area contributed by atoms with Crippen molar-refractivity contribution in [2.24, 2.45) is 0 Å². The number of hydrogen-bond donors (Lipinski definition) is 1. The highest BCUT2D eigenvalue weighted by Crippen LogP contribution is 2.32.